The Bertz CT molecular complexity index is 364. The second kappa shape index (κ2) is 8.88. The summed E-state index contributed by atoms with van der Waals surface area (Å²) in [6.45, 7) is 11.3. The van der Waals surface area contributed by atoms with Crippen molar-refractivity contribution in [2.24, 2.45) is 5.41 Å². The summed E-state index contributed by atoms with van der Waals surface area (Å²) in [6, 6.07) is 0.633. The molecule has 1 rings (SSSR count). The molecule has 0 spiro atoms. The molecule has 1 amide bonds. The highest BCUT2D eigenvalue weighted by atomic mass is 16.6. The Morgan fingerprint density at radius 2 is 1.83 bits per heavy atom. The summed E-state index contributed by atoms with van der Waals surface area (Å²) < 4.78 is 5.34. The van der Waals surface area contributed by atoms with Crippen LogP contribution in [0.4, 0.5) is 4.79 Å². The van der Waals surface area contributed by atoms with Gasteiger partial charge in [0.25, 0.3) is 0 Å². The molecule has 1 aliphatic carbocycles. The van der Waals surface area contributed by atoms with Crippen LogP contribution < -0.4 is 10.6 Å². The fourth-order valence-corrected chi connectivity index (χ4v) is 3.05. The molecule has 0 aromatic rings. The fourth-order valence-electron chi connectivity index (χ4n) is 3.05. The van der Waals surface area contributed by atoms with Gasteiger partial charge in [-0.1, -0.05) is 13.8 Å². The van der Waals surface area contributed by atoms with E-state index in [4.69, 9.17) is 9.84 Å². The lowest BCUT2D eigenvalue weighted by Gasteiger charge is -2.34. The molecule has 0 bridgehead atoms. The molecular weight excluding hydrogens is 292 g/mol. The molecule has 0 heterocycles. The van der Waals surface area contributed by atoms with Crippen LogP contribution in [0.25, 0.3) is 0 Å². The smallest absolute Gasteiger partial charge is 0.407 e. The van der Waals surface area contributed by atoms with Gasteiger partial charge in [0.2, 0.25) is 0 Å². The lowest BCUT2D eigenvalue weighted by molar-refractivity contribution is 0.0487. The van der Waals surface area contributed by atoms with Gasteiger partial charge in [0.15, 0.2) is 0 Å². The minimum Gasteiger partial charge on any atom is -0.444 e. The van der Waals surface area contributed by atoms with Gasteiger partial charge in [-0.3, -0.25) is 0 Å². The van der Waals surface area contributed by atoms with Gasteiger partial charge < -0.3 is 20.5 Å². The van der Waals surface area contributed by atoms with Crippen molar-refractivity contribution in [2.45, 2.75) is 90.8 Å². The second-order valence-electron chi connectivity index (χ2n) is 8.58. The van der Waals surface area contributed by atoms with Gasteiger partial charge in [-0.05, 0) is 64.7 Å². The van der Waals surface area contributed by atoms with Crippen molar-refractivity contribution in [2.75, 3.05) is 13.2 Å². The summed E-state index contributed by atoms with van der Waals surface area (Å²) in [6.07, 6.45) is 5.80. The third-order valence-corrected chi connectivity index (χ3v) is 4.28. The molecule has 23 heavy (non-hydrogen) atoms. The van der Waals surface area contributed by atoms with E-state index in [1.165, 1.54) is 0 Å². The summed E-state index contributed by atoms with van der Waals surface area (Å²) in [5.41, 5.74) is -0.263. The van der Waals surface area contributed by atoms with Crippen LogP contribution in [-0.2, 0) is 4.74 Å². The van der Waals surface area contributed by atoms with E-state index in [1.807, 2.05) is 20.8 Å². The Kier molecular flexibility index (Phi) is 7.81. The largest absolute Gasteiger partial charge is 0.444 e. The highest BCUT2D eigenvalue weighted by Gasteiger charge is 2.26. The predicted molar refractivity (Wildman–Crippen MR) is 93.5 cm³/mol. The lowest BCUT2D eigenvalue weighted by Crippen LogP contribution is -2.47. The summed E-state index contributed by atoms with van der Waals surface area (Å²) in [7, 11) is 0. The molecule has 3 N–H and O–H groups in total. The van der Waals surface area contributed by atoms with Gasteiger partial charge in [0.05, 0.1) is 0 Å². The second-order valence-corrected chi connectivity index (χ2v) is 8.58. The van der Waals surface area contributed by atoms with Crippen molar-refractivity contribution in [1.29, 1.82) is 0 Å². The summed E-state index contributed by atoms with van der Waals surface area (Å²) in [4.78, 5) is 11.9. The van der Waals surface area contributed by atoms with Crippen molar-refractivity contribution in [1.82, 2.24) is 10.6 Å². The standard InChI is InChI=1S/C18H36N2O3/c1-17(2,3)23-16(22)20-15-9-6-8-14(12-15)19-13-18(4,5)10-7-11-21/h14-15,19,21H,6-13H2,1-5H3,(H,20,22). The lowest BCUT2D eigenvalue weighted by atomic mass is 9.86. The first-order valence-electron chi connectivity index (χ1n) is 8.95. The molecule has 1 fully saturated rings. The van der Waals surface area contributed by atoms with Crippen LogP contribution in [0.15, 0.2) is 0 Å². The van der Waals surface area contributed by atoms with Crippen molar-refractivity contribution in [3.05, 3.63) is 0 Å². The van der Waals surface area contributed by atoms with E-state index in [-0.39, 0.29) is 24.2 Å². The maximum Gasteiger partial charge on any atom is 0.407 e. The average Bonchev–Trinajstić information content (AvgIpc) is 2.41. The monoisotopic (exact) mass is 328 g/mol. The Morgan fingerprint density at radius 1 is 1.17 bits per heavy atom. The summed E-state index contributed by atoms with van der Waals surface area (Å²) >= 11 is 0. The highest BCUT2D eigenvalue weighted by molar-refractivity contribution is 5.68. The van der Waals surface area contributed by atoms with E-state index >= 15 is 0 Å². The van der Waals surface area contributed by atoms with Crippen molar-refractivity contribution < 1.29 is 14.6 Å². The molecule has 2 atom stereocenters. The fraction of sp³-hybridized carbons (Fsp3) is 0.944. The van der Waals surface area contributed by atoms with E-state index in [2.05, 4.69) is 24.5 Å². The van der Waals surface area contributed by atoms with Crippen LogP contribution in [0.1, 0.15) is 73.1 Å². The maximum atomic E-state index is 11.9. The van der Waals surface area contributed by atoms with E-state index in [9.17, 15) is 4.79 Å². The van der Waals surface area contributed by atoms with Gasteiger partial charge in [0, 0.05) is 25.2 Å². The third-order valence-electron chi connectivity index (χ3n) is 4.28. The number of rotatable bonds is 7. The molecule has 5 heteroatoms. The Labute approximate surface area is 141 Å². The zero-order valence-corrected chi connectivity index (χ0v) is 15.6. The summed E-state index contributed by atoms with van der Waals surface area (Å²) in [5, 5.41) is 15.6. The Hall–Kier alpha value is -0.810. The molecule has 2 unspecified atom stereocenters. The number of carbonyl (C=O) groups excluding carboxylic acids is 1. The van der Waals surface area contributed by atoms with Gasteiger partial charge in [-0.25, -0.2) is 4.79 Å². The number of ether oxygens (including phenoxy) is 1. The molecular formula is C18H36N2O3. The van der Waals surface area contributed by atoms with Crippen LogP contribution in [-0.4, -0.2) is 42.0 Å². The van der Waals surface area contributed by atoms with Crippen molar-refractivity contribution >= 4 is 6.09 Å². The quantitative estimate of drug-likeness (QED) is 0.671. The van der Waals surface area contributed by atoms with Gasteiger partial charge in [0.1, 0.15) is 5.60 Å². The molecule has 0 saturated heterocycles. The molecule has 5 nitrogen and oxygen atoms in total. The zero-order chi connectivity index (χ0) is 17.5. The van der Waals surface area contributed by atoms with Crippen LogP contribution in [0.3, 0.4) is 0 Å². The molecule has 136 valence electrons. The molecule has 0 radical (unpaired) electrons. The predicted octanol–water partition coefficient (Wildman–Crippen LogP) is 3.21. The van der Waals surface area contributed by atoms with Crippen LogP contribution >= 0.6 is 0 Å². The highest BCUT2D eigenvalue weighted by Crippen LogP contribution is 2.24. The summed E-state index contributed by atoms with van der Waals surface area (Å²) in [5.74, 6) is 0. The Balaban J connectivity index is 2.35. The zero-order valence-electron chi connectivity index (χ0n) is 15.6. The third kappa shape index (κ3) is 9.16. The first kappa shape index (κ1) is 20.2. The number of carbonyl (C=O) groups is 1. The van der Waals surface area contributed by atoms with E-state index in [0.717, 1.165) is 45.1 Å². The molecule has 0 aromatic carbocycles. The van der Waals surface area contributed by atoms with Crippen LogP contribution in [0.2, 0.25) is 0 Å². The number of amides is 1. The first-order valence-corrected chi connectivity index (χ1v) is 8.95. The van der Waals surface area contributed by atoms with Gasteiger partial charge >= 0.3 is 6.09 Å². The SMILES string of the molecule is CC(C)(CCCO)CNC1CCCC(NC(=O)OC(C)(C)C)C1. The topological polar surface area (TPSA) is 70.6 Å². The van der Waals surface area contributed by atoms with E-state index < -0.39 is 5.60 Å². The number of alkyl carbamates (subject to hydrolysis) is 1. The van der Waals surface area contributed by atoms with Gasteiger partial charge in [-0.15, -0.1) is 0 Å². The number of hydrogen-bond acceptors (Lipinski definition) is 4. The number of hydrogen-bond donors (Lipinski definition) is 3. The number of aliphatic hydroxyl groups excluding tert-OH is 1. The van der Waals surface area contributed by atoms with E-state index in [0.29, 0.717) is 6.04 Å². The van der Waals surface area contributed by atoms with E-state index in [1.54, 1.807) is 0 Å². The normalized spacial score (nSPS) is 22.7. The van der Waals surface area contributed by atoms with Crippen molar-refractivity contribution in [3.63, 3.8) is 0 Å². The molecule has 0 aromatic heterocycles. The minimum absolute atomic E-state index is 0.189. The number of aliphatic hydroxyl groups is 1. The molecule has 0 aliphatic heterocycles. The minimum atomic E-state index is -0.451. The van der Waals surface area contributed by atoms with Crippen LogP contribution in [0.5, 0.6) is 0 Å². The number of nitrogens with one attached hydrogen (secondary N) is 2. The molecule has 1 aliphatic rings. The van der Waals surface area contributed by atoms with Crippen LogP contribution in [0, 0.1) is 5.41 Å². The van der Waals surface area contributed by atoms with Gasteiger partial charge in [-0.2, -0.15) is 0 Å². The average molecular weight is 328 g/mol. The first-order chi connectivity index (χ1) is 10.6. The maximum absolute atomic E-state index is 11.9. The van der Waals surface area contributed by atoms with Crippen molar-refractivity contribution in [3.8, 4) is 0 Å². The Morgan fingerprint density at radius 3 is 2.43 bits per heavy atom. The molecule has 1 saturated carbocycles.